The molecule has 0 radical (unpaired) electrons. The van der Waals surface area contributed by atoms with Gasteiger partial charge in [0.15, 0.2) is 0 Å². The molecule has 0 aromatic carbocycles. The first-order valence-electron chi connectivity index (χ1n) is 7.36. The van der Waals surface area contributed by atoms with Gasteiger partial charge in [-0.15, -0.1) is 0 Å². The molecule has 116 valence electrons. The lowest BCUT2D eigenvalue weighted by molar-refractivity contribution is 0.236. The average molecular weight is 292 g/mol. The van der Waals surface area contributed by atoms with Crippen molar-refractivity contribution < 1.29 is 4.79 Å². The van der Waals surface area contributed by atoms with Crippen LogP contribution in [0.3, 0.4) is 0 Å². The molecule has 2 rings (SSSR count). The van der Waals surface area contributed by atoms with E-state index in [2.05, 4.69) is 25.5 Å². The van der Waals surface area contributed by atoms with E-state index in [1.807, 2.05) is 13.8 Å². The molecule has 0 unspecified atom stereocenters. The van der Waals surface area contributed by atoms with E-state index in [4.69, 9.17) is 5.73 Å². The number of nitrogens with two attached hydrogens (primary N) is 1. The second-order valence-corrected chi connectivity index (χ2v) is 5.85. The van der Waals surface area contributed by atoms with E-state index in [0.717, 1.165) is 31.6 Å². The number of rotatable bonds is 5. The predicted octanol–water partition coefficient (Wildman–Crippen LogP) is 0.588. The first-order valence-corrected chi connectivity index (χ1v) is 7.36. The molecule has 1 aliphatic rings. The summed E-state index contributed by atoms with van der Waals surface area (Å²) in [6.45, 7) is 7.45. The van der Waals surface area contributed by atoms with Gasteiger partial charge in [-0.3, -0.25) is 4.90 Å². The Balaban J connectivity index is 1.71. The number of hydrogen-bond acceptors (Lipinski definition) is 5. The zero-order chi connectivity index (χ0) is 15.2. The van der Waals surface area contributed by atoms with E-state index in [0.29, 0.717) is 18.4 Å². The van der Waals surface area contributed by atoms with Crippen LogP contribution < -0.4 is 16.4 Å². The lowest BCUT2D eigenvalue weighted by Gasteiger charge is -2.16. The van der Waals surface area contributed by atoms with Crippen molar-refractivity contribution >= 4 is 12.0 Å². The van der Waals surface area contributed by atoms with Gasteiger partial charge in [0.05, 0.1) is 0 Å². The number of anilines is 1. The zero-order valence-corrected chi connectivity index (χ0v) is 12.7. The average Bonchev–Trinajstić information content (AvgIpc) is 2.86. The highest BCUT2D eigenvalue weighted by Gasteiger charge is 2.23. The Morgan fingerprint density at radius 3 is 2.86 bits per heavy atom. The minimum Gasteiger partial charge on any atom is -0.368 e. The topological polar surface area (TPSA) is 96.2 Å². The molecule has 0 bridgehead atoms. The van der Waals surface area contributed by atoms with Gasteiger partial charge in [-0.05, 0) is 32.7 Å². The van der Waals surface area contributed by atoms with Crippen molar-refractivity contribution in [3.63, 3.8) is 0 Å². The van der Waals surface area contributed by atoms with Crippen LogP contribution in [-0.4, -0.2) is 46.6 Å². The molecule has 1 aliphatic heterocycles. The Hall–Kier alpha value is -1.89. The molecule has 2 heterocycles. The van der Waals surface area contributed by atoms with Crippen LogP contribution in [-0.2, 0) is 6.54 Å². The fourth-order valence-electron chi connectivity index (χ4n) is 2.48. The van der Waals surface area contributed by atoms with Crippen LogP contribution in [0.4, 0.5) is 10.7 Å². The van der Waals surface area contributed by atoms with Gasteiger partial charge in [0.2, 0.25) is 5.95 Å². The summed E-state index contributed by atoms with van der Waals surface area (Å²) < 4.78 is 0. The molecular formula is C14H24N6O. The third-order valence-corrected chi connectivity index (χ3v) is 3.47. The highest BCUT2D eigenvalue weighted by Crippen LogP contribution is 2.17. The summed E-state index contributed by atoms with van der Waals surface area (Å²) in [5.41, 5.74) is 6.54. The number of carbonyl (C=O) groups is 1. The Morgan fingerprint density at radius 1 is 1.48 bits per heavy atom. The minimum absolute atomic E-state index is 0.0876. The van der Waals surface area contributed by atoms with Gasteiger partial charge in [-0.25, -0.2) is 14.8 Å². The summed E-state index contributed by atoms with van der Waals surface area (Å²) in [7, 11) is 0. The zero-order valence-electron chi connectivity index (χ0n) is 12.7. The van der Waals surface area contributed by atoms with Gasteiger partial charge in [0, 0.05) is 43.6 Å². The van der Waals surface area contributed by atoms with Gasteiger partial charge < -0.3 is 16.4 Å². The van der Waals surface area contributed by atoms with Crippen LogP contribution in [0.15, 0.2) is 12.4 Å². The quantitative estimate of drug-likeness (QED) is 0.738. The lowest BCUT2D eigenvalue weighted by atomic mass is 10.1. The van der Waals surface area contributed by atoms with Gasteiger partial charge >= 0.3 is 6.03 Å². The predicted molar refractivity (Wildman–Crippen MR) is 81.5 cm³/mol. The van der Waals surface area contributed by atoms with Gasteiger partial charge in [-0.2, -0.15) is 0 Å². The number of urea groups is 1. The molecule has 0 aliphatic carbocycles. The second-order valence-electron chi connectivity index (χ2n) is 5.85. The van der Waals surface area contributed by atoms with Crippen LogP contribution in [0.1, 0.15) is 25.8 Å². The number of likely N-dealkylation sites (tertiary alicyclic amines) is 1. The molecule has 1 aromatic heterocycles. The SMILES string of the molecule is CC(C)NC(=O)NC[C@H]1CCN(Cc2cnc(N)nc2)C1. The Labute approximate surface area is 125 Å². The Bertz CT molecular complexity index is 461. The van der Waals surface area contributed by atoms with Crippen molar-refractivity contribution in [2.24, 2.45) is 5.92 Å². The summed E-state index contributed by atoms with van der Waals surface area (Å²) in [6, 6.07) is 0.0750. The molecule has 2 amide bonds. The third kappa shape index (κ3) is 5.18. The van der Waals surface area contributed by atoms with Crippen LogP contribution in [0.5, 0.6) is 0 Å². The fraction of sp³-hybridized carbons (Fsp3) is 0.643. The van der Waals surface area contributed by atoms with Gasteiger partial charge in [0.25, 0.3) is 0 Å². The van der Waals surface area contributed by atoms with Crippen molar-refractivity contribution in [3.05, 3.63) is 18.0 Å². The van der Waals surface area contributed by atoms with Crippen LogP contribution in [0.2, 0.25) is 0 Å². The third-order valence-electron chi connectivity index (χ3n) is 3.47. The van der Waals surface area contributed by atoms with Crippen molar-refractivity contribution in [2.75, 3.05) is 25.4 Å². The summed E-state index contributed by atoms with van der Waals surface area (Å²) in [6.07, 6.45) is 4.63. The number of nitrogen functional groups attached to an aromatic ring is 1. The Kier molecular flexibility index (Phi) is 5.32. The van der Waals surface area contributed by atoms with E-state index in [9.17, 15) is 4.79 Å². The standard InChI is InChI=1S/C14H24N6O/c1-10(2)19-14(21)18-5-11-3-4-20(8-11)9-12-6-16-13(15)17-7-12/h6-7,10-11H,3-5,8-9H2,1-2H3,(H2,15,16,17)(H2,18,19,21)/t11-/m1/s1. The number of carbonyl (C=O) groups excluding carboxylic acids is 1. The van der Waals surface area contributed by atoms with Gasteiger partial charge in [-0.1, -0.05) is 0 Å². The van der Waals surface area contributed by atoms with Crippen molar-refractivity contribution in [1.82, 2.24) is 25.5 Å². The maximum atomic E-state index is 11.6. The molecule has 0 saturated carbocycles. The molecule has 21 heavy (non-hydrogen) atoms. The molecule has 0 spiro atoms. The largest absolute Gasteiger partial charge is 0.368 e. The number of amides is 2. The molecule has 1 atom stereocenters. The highest BCUT2D eigenvalue weighted by molar-refractivity contribution is 5.74. The van der Waals surface area contributed by atoms with Crippen molar-refractivity contribution in [2.45, 2.75) is 32.9 Å². The number of aromatic nitrogens is 2. The number of hydrogen-bond donors (Lipinski definition) is 3. The van der Waals surface area contributed by atoms with E-state index >= 15 is 0 Å². The maximum Gasteiger partial charge on any atom is 0.314 e. The summed E-state index contributed by atoms with van der Waals surface area (Å²) >= 11 is 0. The van der Waals surface area contributed by atoms with Crippen LogP contribution in [0, 0.1) is 5.92 Å². The lowest BCUT2D eigenvalue weighted by Crippen LogP contribution is -2.41. The van der Waals surface area contributed by atoms with Crippen molar-refractivity contribution in [3.8, 4) is 0 Å². The maximum absolute atomic E-state index is 11.6. The smallest absolute Gasteiger partial charge is 0.314 e. The normalized spacial score (nSPS) is 18.9. The molecular weight excluding hydrogens is 268 g/mol. The number of nitrogens with zero attached hydrogens (tertiary/aromatic N) is 3. The summed E-state index contributed by atoms with van der Waals surface area (Å²) in [4.78, 5) is 21.9. The number of nitrogens with one attached hydrogen (secondary N) is 2. The van der Waals surface area contributed by atoms with E-state index in [1.165, 1.54) is 0 Å². The second kappa shape index (κ2) is 7.21. The van der Waals surface area contributed by atoms with Crippen molar-refractivity contribution in [1.29, 1.82) is 0 Å². The molecule has 1 aromatic rings. The summed E-state index contributed by atoms with van der Waals surface area (Å²) in [5.74, 6) is 0.802. The van der Waals surface area contributed by atoms with E-state index in [1.54, 1.807) is 12.4 Å². The van der Waals surface area contributed by atoms with E-state index in [-0.39, 0.29) is 12.1 Å². The fourth-order valence-corrected chi connectivity index (χ4v) is 2.48. The molecule has 1 fully saturated rings. The molecule has 7 nitrogen and oxygen atoms in total. The minimum atomic E-state index is -0.0876. The van der Waals surface area contributed by atoms with Crippen LogP contribution in [0.25, 0.3) is 0 Å². The van der Waals surface area contributed by atoms with Crippen LogP contribution >= 0.6 is 0 Å². The Morgan fingerprint density at radius 2 is 2.19 bits per heavy atom. The molecule has 4 N–H and O–H groups in total. The van der Waals surface area contributed by atoms with Gasteiger partial charge in [0.1, 0.15) is 0 Å². The monoisotopic (exact) mass is 292 g/mol. The first-order chi connectivity index (χ1) is 10.0. The molecule has 1 saturated heterocycles. The summed E-state index contributed by atoms with van der Waals surface area (Å²) in [5, 5.41) is 5.76. The highest BCUT2D eigenvalue weighted by atomic mass is 16.2. The van der Waals surface area contributed by atoms with E-state index < -0.39 is 0 Å². The molecule has 7 heteroatoms. The first kappa shape index (κ1) is 15.5.